The van der Waals surface area contributed by atoms with Crippen molar-refractivity contribution in [3.05, 3.63) is 11.6 Å². The van der Waals surface area contributed by atoms with Gasteiger partial charge in [0.2, 0.25) is 0 Å². The smallest absolute Gasteiger partial charge is 0.155 e. The van der Waals surface area contributed by atoms with Crippen LogP contribution >= 0.6 is 0 Å². The van der Waals surface area contributed by atoms with Crippen molar-refractivity contribution in [2.45, 2.75) is 64.7 Å². The van der Waals surface area contributed by atoms with Gasteiger partial charge >= 0.3 is 0 Å². The first-order valence-corrected chi connectivity index (χ1v) is 9.89. The van der Waals surface area contributed by atoms with Crippen LogP contribution in [0.15, 0.2) is 11.6 Å². The van der Waals surface area contributed by atoms with Gasteiger partial charge in [-0.15, -0.1) is 5.92 Å². The zero-order chi connectivity index (χ0) is 16.6. The fraction of sp³-hybridized carbons (Fsp3) is 0.773. The van der Waals surface area contributed by atoms with Gasteiger partial charge in [-0.2, -0.15) is 0 Å². The van der Waals surface area contributed by atoms with Crippen LogP contribution in [0.5, 0.6) is 0 Å². The number of rotatable bonds is 1. The van der Waals surface area contributed by atoms with E-state index in [1.54, 1.807) is 0 Å². The van der Waals surface area contributed by atoms with Crippen molar-refractivity contribution in [2.75, 3.05) is 6.61 Å². The van der Waals surface area contributed by atoms with Crippen molar-refractivity contribution < 1.29 is 9.90 Å². The SMILES string of the molecule is CC#C[C@@H]1CC[C@H]2[C@@H]3CCC4=CC(=O)CC[C@]45C[C@]35CC[C@]12CO. The second-order valence-electron chi connectivity index (χ2n) is 9.22. The van der Waals surface area contributed by atoms with E-state index in [2.05, 4.69) is 11.8 Å². The van der Waals surface area contributed by atoms with Crippen LogP contribution in [0.4, 0.5) is 0 Å². The summed E-state index contributed by atoms with van der Waals surface area (Å²) in [5, 5.41) is 10.4. The number of hydrogen-bond donors (Lipinski definition) is 1. The Kier molecular flexibility index (Phi) is 3.02. The van der Waals surface area contributed by atoms with Crippen LogP contribution < -0.4 is 0 Å². The quantitative estimate of drug-likeness (QED) is 0.743. The molecule has 5 aliphatic carbocycles. The molecule has 5 aliphatic rings. The first-order chi connectivity index (χ1) is 11.6. The lowest BCUT2D eigenvalue weighted by Gasteiger charge is -2.54. The van der Waals surface area contributed by atoms with Gasteiger partial charge in [-0.3, -0.25) is 4.79 Å². The van der Waals surface area contributed by atoms with Gasteiger partial charge in [-0.1, -0.05) is 11.5 Å². The summed E-state index contributed by atoms with van der Waals surface area (Å²) in [5.74, 6) is 8.75. The van der Waals surface area contributed by atoms with Gasteiger partial charge in [-0.25, -0.2) is 0 Å². The second kappa shape index (κ2) is 4.76. The molecule has 0 aromatic heterocycles. The summed E-state index contributed by atoms with van der Waals surface area (Å²) < 4.78 is 0. The van der Waals surface area contributed by atoms with Gasteiger partial charge < -0.3 is 5.11 Å². The maximum Gasteiger partial charge on any atom is 0.155 e. The molecule has 2 heteroatoms. The van der Waals surface area contributed by atoms with E-state index in [4.69, 9.17) is 0 Å². The van der Waals surface area contributed by atoms with Crippen molar-refractivity contribution in [3.63, 3.8) is 0 Å². The first-order valence-electron chi connectivity index (χ1n) is 9.89. The second-order valence-corrected chi connectivity index (χ2v) is 9.22. The van der Waals surface area contributed by atoms with Crippen LogP contribution in [0.3, 0.4) is 0 Å². The Balaban J connectivity index is 1.53. The zero-order valence-electron chi connectivity index (χ0n) is 14.7. The average Bonchev–Trinajstić information content (AvgIpc) is 3.12. The van der Waals surface area contributed by atoms with Gasteiger partial charge in [-0.05, 0) is 87.0 Å². The number of ketones is 1. The molecule has 24 heavy (non-hydrogen) atoms. The van der Waals surface area contributed by atoms with E-state index in [1.165, 1.54) is 37.7 Å². The van der Waals surface area contributed by atoms with Gasteiger partial charge in [0.1, 0.15) is 0 Å². The number of allylic oxidation sites excluding steroid dienone is 1. The van der Waals surface area contributed by atoms with Crippen LogP contribution in [0, 0.1) is 45.8 Å². The number of carbonyl (C=O) groups excluding carboxylic acids is 1. The fourth-order valence-corrected chi connectivity index (χ4v) is 7.94. The molecule has 2 spiro atoms. The molecule has 5 rings (SSSR count). The lowest BCUT2D eigenvalue weighted by atomic mass is 9.50. The highest BCUT2D eigenvalue weighted by molar-refractivity contribution is 5.92. The van der Waals surface area contributed by atoms with E-state index in [-0.39, 0.29) is 5.41 Å². The van der Waals surface area contributed by atoms with Crippen LogP contribution in [-0.4, -0.2) is 17.5 Å². The van der Waals surface area contributed by atoms with Crippen LogP contribution in [0.25, 0.3) is 0 Å². The minimum atomic E-state index is 0.0639. The van der Waals surface area contributed by atoms with Gasteiger partial charge in [0.25, 0.3) is 0 Å². The highest BCUT2D eigenvalue weighted by atomic mass is 16.3. The van der Waals surface area contributed by atoms with Gasteiger partial charge in [0, 0.05) is 17.8 Å². The molecule has 0 aliphatic heterocycles. The summed E-state index contributed by atoms with van der Waals surface area (Å²) in [6.07, 6.45) is 12.4. The van der Waals surface area contributed by atoms with Crippen LogP contribution in [0.2, 0.25) is 0 Å². The van der Waals surface area contributed by atoms with Crippen molar-refractivity contribution >= 4 is 5.78 Å². The van der Waals surface area contributed by atoms with Crippen LogP contribution in [-0.2, 0) is 4.79 Å². The summed E-state index contributed by atoms with van der Waals surface area (Å²) >= 11 is 0. The Hall–Kier alpha value is -1.07. The molecule has 0 radical (unpaired) electrons. The van der Waals surface area contributed by atoms with Crippen LogP contribution in [0.1, 0.15) is 64.7 Å². The van der Waals surface area contributed by atoms with Crippen molar-refractivity contribution in [3.8, 4) is 11.8 Å². The molecule has 4 saturated carbocycles. The lowest BCUT2D eigenvalue weighted by molar-refractivity contribution is -0.116. The Bertz CT molecular complexity index is 694. The highest BCUT2D eigenvalue weighted by Crippen LogP contribution is 2.84. The third-order valence-corrected chi connectivity index (χ3v) is 8.96. The Morgan fingerprint density at radius 1 is 1.17 bits per heavy atom. The summed E-state index contributed by atoms with van der Waals surface area (Å²) in [7, 11) is 0. The predicted octanol–water partition coefficient (Wildman–Crippen LogP) is 3.88. The molecule has 6 atom stereocenters. The van der Waals surface area contributed by atoms with E-state index >= 15 is 0 Å². The van der Waals surface area contributed by atoms with Gasteiger partial charge in [0.15, 0.2) is 5.78 Å². The number of aliphatic hydroxyl groups is 1. The van der Waals surface area contributed by atoms with E-state index in [1.807, 2.05) is 13.0 Å². The summed E-state index contributed by atoms with van der Waals surface area (Å²) in [6.45, 7) is 2.26. The maximum absolute atomic E-state index is 11.9. The zero-order valence-corrected chi connectivity index (χ0v) is 14.7. The molecule has 0 saturated heterocycles. The van der Waals surface area contributed by atoms with E-state index in [9.17, 15) is 9.90 Å². The maximum atomic E-state index is 11.9. The molecule has 0 heterocycles. The minimum absolute atomic E-state index is 0.0639. The molecule has 0 aromatic rings. The molecule has 0 amide bonds. The first kappa shape index (κ1) is 15.2. The molecular weight excluding hydrogens is 296 g/mol. The molecule has 0 aromatic carbocycles. The predicted molar refractivity (Wildman–Crippen MR) is 92.9 cm³/mol. The largest absolute Gasteiger partial charge is 0.396 e. The lowest BCUT2D eigenvalue weighted by Crippen LogP contribution is -2.49. The van der Waals surface area contributed by atoms with Gasteiger partial charge in [0.05, 0.1) is 6.61 Å². The highest BCUT2D eigenvalue weighted by Gasteiger charge is 2.77. The molecule has 1 N–H and O–H groups in total. The average molecular weight is 324 g/mol. The number of carbonyl (C=O) groups is 1. The molecule has 2 nitrogen and oxygen atoms in total. The monoisotopic (exact) mass is 324 g/mol. The van der Waals surface area contributed by atoms with Crippen molar-refractivity contribution in [1.82, 2.24) is 0 Å². The molecular formula is C22H28O2. The third kappa shape index (κ3) is 1.56. The number of aliphatic hydroxyl groups excluding tert-OH is 1. The van der Waals surface area contributed by atoms with E-state index in [0.717, 1.165) is 31.6 Å². The molecule has 4 fully saturated rings. The van der Waals surface area contributed by atoms with E-state index < -0.39 is 0 Å². The van der Waals surface area contributed by atoms with E-state index in [0.29, 0.717) is 35.1 Å². The molecule has 0 bridgehead atoms. The fourth-order valence-electron chi connectivity index (χ4n) is 7.94. The Morgan fingerprint density at radius 2 is 2.04 bits per heavy atom. The molecule has 0 unspecified atom stereocenters. The number of hydrogen-bond acceptors (Lipinski definition) is 2. The summed E-state index contributed by atoms with van der Waals surface area (Å²) in [4.78, 5) is 11.9. The Labute approximate surface area is 145 Å². The Morgan fingerprint density at radius 3 is 2.83 bits per heavy atom. The standard InChI is InChI=1S/C22H28O2/c1-2-3-15-4-6-18-19-7-5-16-12-17(24)8-9-21(16)13-22(19,21)11-10-20(15,18)14-23/h12,15,18-19,23H,4-11,13-14H2,1H3/t15-,18+,19+,20+,21+,22-/m1/s1. The summed E-state index contributed by atoms with van der Waals surface area (Å²) in [6, 6.07) is 0. The normalized spacial score (nSPS) is 51.3. The topological polar surface area (TPSA) is 37.3 Å². The molecule has 128 valence electrons. The van der Waals surface area contributed by atoms with Crippen molar-refractivity contribution in [2.24, 2.45) is 34.0 Å². The third-order valence-electron chi connectivity index (χ3n) is 8.96. The van der Waals surface area contributed by atoms with Crippen molar-refractivity contribution in [1.29, 1.82) is 0 Å². The summed E-state index contributed by atoms with van der Waals surface area (Å²) in [5.41, 5.74) is 2.40. The number of fused-ring (bicyclic) bond motifs is 2. The minimum Gasteiger partial charge on any atom is -0.396 e.